The molecule has 0 aromatic heterocycles. The van der Waals surface area contributed by atoms with E-state index < -0.39 is 0 Å². The van der Waals surface area contributed by atoms with E-state index in [1.807, 2.05) is 42.5 Å². The van der Waals surface area contributed by atoms with Crippen molar-refractivity contribution in [2.24, 2.45) is 0 Å². The van der Waals surface area contributed by atoms with Crippen LogP contribution < -0.4 is 10.1 Å². The van der Waals surface area contributed by atoms with Gasteiger partial charge in [0.2, 0.25) is 0 Å². The molecule has 0 amide bonds. The lowest BCUT2D eigenvalue weighted by Gasteiger charge is -2.15. The standard InChI is InChI=1S/C19H23NO2/c1-15(20-13-18-6-4-3-5-7-18)14-22-19-10-8-17(9-11-19)12-16(2)21/h3-11,15,20H,12-14H2,1-2H3. The highest BCUT2D eigenvalue weighted by Gasteiger charge is 2.04. The molecule has 22 heavy (non-hydrogen) atoms. The molecule has 1 N–H and O–H groups in total. The number of benzene rings is 2. The molecule has 2 aromatic rings. The lowest BCUT2D eigenvalue weighted by Crippen LogP contribution is -2.31. The molecule has 3 heteroatoms. The van der Waals surface area contributed by atoms with Gasteiger partial charge in [0, 0.05) is 19.0 Å². The second-order valence-electron chi connectivity index (χ2n) is 5.60. The molecule has 0 fully saturated rings. The number of carbonyl (C=O) groups is 1. The topological polar surface area (TPSA) is 38.3 Å². The summed E-state index contributed by atoms with van der Waals surface area (Å²) in [6, 6.07) is 18.3. The summed E-state index contributed by atoms with van der Waals surface area (Å²) in [5, 5.41) is 3.44. The van der Waals surface area contributed by atoms with Crippen molar-refractivity contribution < 1.29 is 9.53 Å². The monoisotopic (exact) mass is 297 g/mol. The second-order valence-corrected chi connectivity index (χ2v) is 5.60. The summed E-state index contributed by atoms with van der Waals surface area (Å²) in [5.41, 5.74) is 2.29. The third-order valence-electron chi connectivity index (χ3n) is 3.37. The summed E-state index contributed by atoms with van der Waals surface area (Å²) in [6.45, 7) is 5.15. The van der Waals surface area contributed by atoms with Gasteiger partial charge in [0.15, 0.2) is 0 Å². The van der Waals surface area contributed by atoms with Crippen molar-refractivity contribution in [2.45, 2.75) is 32.9 Å². The molecular weight excluding hydrogens is 274 g/mol. The van der Waals surface area contributed by atoms with E-state index in [0.717, 1.165) is 17.9 Å². The molecule has 0 saturated heterocycles. The first-order valence-electron chi connectivity index (χ1n) is 7.62. The first kappa shape index (κ1) is 16.2. The van der Waals surface area contributed by atoms with E-state index in [1.165, 1.54) is 5.56 Å². The Kier molecular flexibility index (Phi) is 6.16. The minimum atomic E-state index is 0.174. The van der Waals surface area contributed by atoms with Gasteiger partial charge < -0.3 is 10.1 Å². The van der Waals surface area contributed by atoms with Crippen LogP contribution in [-0.4, -0.2) is 18.4 Å². The average molecular weight is 297 g/mol. The molecule has 0 aliphatic heterocycles. The SMILES string of the molecule is CC(=O)Cc1ccc(OCC(C)NCc2ccccc2)cc1. The molecule has 0 spiro atoms. The van der Waals surface area contributed by atoms with E-state index in [0.29, 0.717) is 13.0 Å². The number of rotatable bonds is 8. The Hall–Kier alpha value is -2.13. The summed E-state index contributed by atoms with van der Waals surface area (Å²) in [4.78, 5) is 11.1. The van der Waals surface area contributed by atoms with Crippen LogP contribution in [-0.2, 0) is 17.8 Å². The molecule has 2 aromatic carbocycles. The number of ether oxygens (including phenoxy) is 1. The van der Waals surface area contributed by atoms with Crippen molar-refractivity contribution in [1.82, 2.24) is 5.32 Å². The van der Waals surface area contributed by atoms with Gasteiger partial charge in [-0.15, -0.1) is 0 Å². The first-order chi connectivity index (χ1) is 10.6. The second kappa shape index (κ2) is 8.35. The Morgan fingerprint density at radius 2 is 1.73 bits per heavy atom. The number of hydrogen-bond donors (Lipinski definition) is 1. The van der Waals surface area contributed by atoms with Crippen LogP contribution in [0.5, 0.6) is 5.75 Å². The van der Waals surface area contributed by atoms with Crippen LogP contribution in [0.15, 0.2) is 54.6 Å². The lowest BCUT2D eigenvalue weighted by atomic mass is 10.1. The zero-order valence-corrected chi connectivity index (χ0v) is 13.2. The minimum Gasteiger partial charge on any atom is -0.492 e. The van der Waals surface area contributed by atoms with E-state index in [1.54, 1.807) is 6.92 Å². The molecule has 2 rings (SSSR count). The largest absolute Gasteiger partial charge is 0.492 e. The predicted molar refractivity (Wildman–Crippen MR) is 89.1 cm³/mol. The van der Waals surface area contributed by atoms with E-state index in [4.69, 9.17) is 4.74 Å². The van der Waals surface area contributed by atoms with Crippen molar-refractivity contribution >= 4 is 5.78 Å². The third-order valence-corrected chi connectivity index (χ3v) is 3.37. The van der Waals surface area contributed by atoms with E-state index in [-0.39, 0.29) is 11.8 Å². The molecule has 0 aliphatic carbocycles. The quantitative estimate of drug-likeness (QED) is 0.812. The van der Waals surface area contributed by atoms with Crippen molar-refractivity contribution in [1.29, 1.82) is 0 Å². The number of ketones is 1. The van der Waals surface area contributed by atoms with Gasteiger partial charge in [-0.2, -0.15) is 0 Å². The fourth-order valence-electron chi connectivity index (χ4n) is 2.16. The zero-order valence-electron chi connectivity index (χ0n) is 13.2. The highest BCUT2D eigenvalue weighted by atomic mass is 16.5. The molecule has 1 atom stereocenters. The smallest absolute Gasteiger partial charge is 0.134 e. The van der Waals surface area contributed by atoms with Crippen molar-refractivity contribution in [3.63, 3.8) is 0 Å². The minimum absolute atomic E-state index is 0.174. The Bertz CT molecular complexity index is 578. The highest BCUT2D eigenvalue weighted by molar-refractivity contribution is 5.78. The van der Waals surface area contributed by atoms with Gasteiger partial charge in [-0.1, -0.05) is 42.5 Å². The number of carbonyl (C=O) groups excluding carboxylic acids is 1. The van der Waals surface area contributed by atoms with E-state index in [9.17, 15) is 4.79 Å². The maximum absolute atomic E-state index is 11.1. The van der Waals surface area contributed by atoms with Crippen molar-refractivity contribution in [3.8, 4) is 5.75 Å². The van der Waals surface area contributed by atoms with Crippen LogP contribution in [0.1, 0.15) is 25.0 Å². The van der Waals surface area contributed by atoms with Gasteiger partial charge in [-0.3, -0.25) is 4.79 Å². The molecule has 0 radical (unpaired) electrons. The van der Waals surface area contributed by atoms with Gasteiger partial charge in [-0.05, 0) is 37.1 Å². The molecule has 1 unspecified atom stereocenters. The van der Waals surface area contributed by atoms with Crippen LogP contribution in [0, 0.1) is 0 Å². The molecule has 0 aliphatic rings. The Morgan fingerprint density at radius 1 is 1.05 bits per heavy atom. The first-order valence-corrected chi connectivity index (χ1v) is 7.62. The predicted octanol–water partition coefficient (Wildman–Crippen LogP) is 3.38. The molecule has 0 heterocycles. The molecule has 3 nitrogen and oxygen atoms in total. The fraction of sp³-hybridized carbons (Fsp3) is 0.316. The summed E-state index contributed by atoms with van der Waals surface area (Å²) in [6.07, 6.45) is 0.481. The number of hydrogen-bond acceptors (Lipinski definition) is 3. The Morgan fingerprint density at radius 3 is 2.36 bits per heavy atom. The molecule has 116 valence electrons. The fourth-order valence-corrected chi connectivity index (χ4v) is 2.16. The molecule has 0 bridgehead atoms. The van der Waals surface area contributed by atoms with Gasteiger partial charge in [-0.25, -0.2) is 0 Å². The average Bonchev–Trinajstić information content (AvgIpc) is 2.53. The summed E-state index contributed by atoms with van der Waals surface area (Å²) in [7, 11) is 0. The summed E-state index contributed by atoms with van der Waals surface area (Å²) in [5.74, 6) is 1.01. The van der Waals surface area contributed by atoms with Gasteiger partial charge in [0.25, 0.3) is 0 Å². The lowest BCUT2D eigenvalue weighted by molar-refractivity contribution is -0.116. The number of nitrogens with one attached hydrogen (secondary N) is 1. The number of Topliss-reactive ketones (excluding diaryl/α,β-unsaturated/α-hetero) is 1. The van der Waals surface area contributed by atoms with Crippen LogP contribution in [0.25, 0.3) is 0 Å². The van der Waals surface area contributed by atoms with E-state index >= 15 is 0 Å². The van der Waals surface area contributed by atoms with Crippen LogP contribution in [0.4, 0.5) is 0 Å². The Labute approximate surface area is 132 Å². The third kappa shape index (κ3) is 5.70. The van der Waals surface area contributed by atoms with Crippen molar-refractivity contribution in [2.75, 3.05) is 6.61 Å². The zero-order chi connectivity index (χ0) is 15.8. The van der Waals surface area contributed by atoms with Gasteiger partial charge in [0.05, 0.1) is 0 Å². The van der Waals surface area contributed by atoms with Crippen LogP contribution in [0.2, 0.25) is 0 Å². The van der Waals surface area contributed by atoms with Crippen LogP contribution in [0.3, 0.4) is 0 Å². The molecule has 0 saturated carbocycles. The van der Waals surface area contributed by atoms with E-state index in [2.05, 4.69) is 24.4 Å². The van der Waals surface area contributed by atoms with Gasteiger partial charge in [0.1, 0.15) is 18.1 Å². The highest BCUT2D eigenvalue weighted by Crippen LogP contribution is 2.13. The summed E-state index contributed by atoms with van der Waals surface area (Å²) >= 11 is 0. The normalized spacial score (nSPS) is 11.9. The summed E-state index contributed by atoms with van der Waals surface area (Å²) < 4.78 is 5.77. The maximum atomic E-state index is 11.1. The van der Waals surface area contributed by atoms with Gasteiger partial charge >= 0.3 is 0 Å². The maximum Gasteiger partial charge on any atom is 0.134 e. The van der Waals surface area contributed by atoms with Crippen LogP contribution >= 0.6 is 0 Å². The molecular formula is C19H23NO2. The van der Waals surface area contributed by atoms with Crippen molar-refractivity contribution in [3.05, 3.63) is 65.7 Å². The Balaban J connectivity index is 1.73.